The predicted octanol–water partition coefficient (Wildman–Crippen LogP) is 4.90. The molecule has 2 aromatic rings. The third-order valence-electron chi connectivity index (χ3n) is 5.35. The van der Waals surface area contributed by atoms with E-state index in [1.54, 1.807) is 0 Å². The number of rotatable bonds is 1. The summed E-state index contributed by atoms with van der Waals surface area (Å²) < 4.78 is 3.83. The van der Waals surface area contributed by atoms with Gasteiger partial charge in [0.2, 0.25) is 0 Å². The maximum Gasteiger partial charge on any atom is 0.161 e. The van der Waals surface area contributed by atoms with E-state index in [4.69, 9.17) is 0 Å². The Hall–Kier alpha value is -0.583. The third kappa shape index (κ3) is 2.41. The molecule has 1 N–H and O–H groups in total. The van der Waals surface area contributed by atoms with Gasteiger partial charge in [-0.05, 0) is 41.3 Å². The average molecular weight is 365 g/mol. The summed E-state index contributed by atoms with van der Waals surface area (Å²) in [5.74, 6) is 0. The molecule has 0 radical (unpaired) electrons. The number of benzene rings is 1. The molecule has 0 aliphatic carbocycles. The molecule has 114 valence electrons. The Labute approximate surface area is 137 Å². The topological polar surface area (TPSA) is 17.0 Å². The van der Waals surface area contributed by atoms with Gasteiger partial charge < -0.3 is 9.55 Å². The quantitative estimate of drug-likeness (QED) is 0.711. The summed E-state index contributed by atoms with van der Waals surface area (Å²) in [6.07, 6.45) is 3.54. The van der Waals surface area contributed by atoms with Gasteiger partial charge >= 0.3 is 0 Å². The van der Waals surface area contributed by atoms with Crippen LogP contribution in [-0.2, 0) is 13.0 Å². The Morgan fingerprint density at radius 2 is 1.90 bits per heavy atom. The van der Waals surface area contributed by atoms with Crippen molar-refractivity contribution >= 4 is 35.1 Å². The van der Waals surface area contributed by atoms with Crippen molar-refractivity contribution in [3.05, 3.63) is 33.9 Å². The first-order valence-electron chi connectivity index (χ1n) is 7.75. The van der Waals surface area contributed by atoms with E-state index in [9.17, 15) is 0 Å². The maximum atomic E-state index is 3.72. The number of hydrogen-bond acceptors (Lipinski definition) is 1. The molecule has 0 fully saturated rings. The molecule has 0 unspecified atom stereocenters. The Morgan fingerprint density at radius 1 is 1.19 bits per heavy atom. The molecule has 3 rings (SSSR count). The van der Waals surface area contributed by atoms with Gasteiger partial charge in [-0.15, -0.1) is 0 Å². The molecule has 1 aliphatic rings. The molecule has 2 nitrogen and oxygen atoms in total. The van der Waals surface area contributed by atoms with E-state index in [1.807, 2.05) is 0 Å². The van der Waals surface area contributed by atoms with Gasteiger partial charge in [-0.3, -0.25) is 0 Å². The smallest absolute Gasteiger partial charge is 0.161 e. The van der Waals surface area contributed by atoms with Crippen molar-refractivity contribution in [2.24, 2.45) is 0 Å². The van der Waals surface area contributed by atoms with E-state index in [0.29, 0.717) is 5.04 Å². The first-order chi connectivity index (χ1) is 9.72. The Balaban J connectivity index is 2.34. The van der Waals surface area contributed by atoms with Gasteiger partial charge in [-0.2, -0.15) is 0 Å². The van der Waals surface area contributed by atoms with Crippen LogP contribution in [0.5, 0.6) is 0 Å². The molecule has 1 aromatic heterocycles. The summed E-state index contributed by atoms with van der Waals surface area (Å²) in [5, 5.41) is 5.39. The minimum Gasteiger partial charge on any atom is -0.374 e. The molecular weight excluding hydrogens is 340 g/mol. The monoisotopic (exact) mass is 364 g/mol. The molecular formula is C17H25BrN2Si. The zero-order valence-electron chi connectivity index (χ0n) is 13.7. The SMILES string of the molecule is CC(C)(C)[Si](C)(C)n1cc2c3c(cc(Br)cc31)CCNC2. The van der Waals surface area contributed by atoms with Crippen LogP contribution in [0.25, 0.3) is 10.9 Å². The highest BCUT2D eigenvalue weighted by atomic mass is 79.9. The fourth-order valence-electron chi connectivity index (χ4n) is 3.10. The van der Waals surface area contributed by atoms with Gasteiger partial charge in [0.05, 0.1) is 0 Å². The zero-order valence-corrected chi connectivity index (χ0v) is 16.3. The standard InChI is InChI=1S/C17H25BrN2Si/c1-17(2,3)21(4,5)20-11-13-10-19-7-6-12-8-14(18)9-15(20)16(12)13/h8-9,11,19H,6-7,10H2,1-5H3. The molecule has 21 heavy (non-hydrogen) atoms. The van der Waals surface area contributed by atoms with E-state index >= 15 is 0 Å². The molecule has 1 aromatic carbocycles. The normalized spacial score (nSPS) is 16.3. The van der Waals surface area contributed by atoms with Gasteiger partial charge in [-0.1, -0.05) is 49.8 Å². The molecule has 2 heterocycles. The van der Waals surface area contributed by atoms with Crippen molar-refractivity contribution in [3.8, 4) is 0 Å². The lowest BCUT2D eigenvalue weighted by Gasteiger charge is -2.38. The van der Waals surface area contributed by atoms with Crippen molar-refractivity contribution in [3.63, 3.8) is 0 Å². The highest BCUT2D eigenvalue weighted by Crippen LogP contribution is 2.41. The van der Waals surface area contributed by atoms with E-state index in [1.165, 1.54) is 26.5 Å². The maximum absolute atomic E-state index is 3.72. The first kappa shape index (κ1) is 15.3. The third-order valence-corrected chi connectivity index (χ3v) is 11.1. The molecule has 0 atom stereocenters. The van der Waals surface area contributed by atoms with E-state index in [2.05, 4.69) is 77.7 Å². The second kappa shape index (κ2) is 4.97. The second-order valence-electron chi connectivity index (χ2n) is 7.72. The highest BCUT2D eigenvalue weighted by molar-refractivity contribution is 9.10. The molecule has 0 spiro atoms. The van der Waals surface area contributed by atoms with E-state index < -0.39 is 8.24 Å². The first-order valence-corrected chi connectivity index (χ1v) is 11.5. The minimum atomic E-state index is -1.61. The van der Waals surface area contributed by atoms with Crippen LogP contribution in [0.1, 0.15) is 31.9 Å². The van der Waals surface area contributed by atoms with Crippen molar-refractivity contribution < 1.29 is 0 Å². The van der Waals surface area contributed by atoms with E-state index in [-0.39, 0.29) is 0 Å². The number of halogens is 1. The van der Waals surface area contributed by atoms with Crippen LogP contribution >= 0.6 is 15.9 Å². The van der Waals surface area contributed by atoms with Gasteiger partial charge in [0.15, 0.2) is 8.24 Å². The number of nitrogens with one attached hydrogen (secondary N) is 1. The largest absolute Gasteiger partial charge is 0.374 e. The Morgan fingerprint density at radius 3 is 2.57 bits per heavy atom. The van der Waals surface area contributed by atoms with Crippen LogP contribution in [0.15, 0.2) is 22.8 Å². The van der Waals surface area contributed by atoms with Crippen molar-refractivity contribution in [2.75, 3.05) is 6.54 Å². The van der Waals surface area contributed by atoms with Gasteiger partial charge in [0.25, 0.3) is 0 Å². The van der Waals surface area contributed by atoms with Crippen LogP contribution in [0.2, 0.25) is 18.1 Å². The fraction of sp³-hybridized carbons (Fsp3) is 0.529. The molecule has 4 heteroatoms. The van der Waals surface area contributed by atoms with Gasteiger partial charge in [0, 0.05) is 28.1 Å². The predicted molar refractivity (Wildman–Crippen MR) is 97.6 cm³/mol. The summed E-state index contributed by atoms with van der Waals surface area (Å²) >= 11 is 3.72. The van der Waals surface area contributed by atoms with Crippen LogP contribution in [0.3, 0.4) is 0 Å². The summed E-state index contributed by atoms with van der Waals surface area (Å²) in [6, 6.07) is 4.61. The summed E-state index contributed by atoms with van der Waals surface area (Å²) in [7, 11) is -1.61. The molecule has 0 saturated heterocycles. The molecule has 0 saturated carbocycles. The average Bonchev–Trinajstić information content (AvgIpc) is 2.59. The lowest BCUT2D eigenvalue weighted by atomic mass is 10.1. The highest BCUT2D eigenvalue weighted by Gasteiger charge is 2.38. The van der Waals surface area contributed by atoms with Crippen molar-refractivity contribution in [1.29, 1.82) is 0 Å². The fourth-order valence-corrected chi connectivity index (χ4v) is 5.57. The number of nitrogens with zero attached hydrogens (tertiary/aromatic N) is 1. The Kier molecular flexibility index (Phi) is 3.62. The summed E-state index contributed by atoms with van der Waals surface area (Å²) in [5.41, 5.74) is 4.37. The van der Waals surface area contributed by atoms with Crippen LogP contribution in [-0.4, -0.2) is 19.0 Å². The lowest BCUT2D eigenvalue weighted by molar-refractivity contribution is 0.692. The van der Waals surface area contributed by atoms with Crippen LogP contribution < -0.4 is 5.32 Å². The van der Waals surface area contributed by atoms with Gasteiger partial charge in [0.1, 0.15) is 0 Å². The van der Waals surface area contributed by atoms with Gasteiger partial charge in [-0.25, -0.2) is 0 Å². The second-order valence-corrected chi connectivity index (χ2v) is 13.7. The molecule has 0 amide bonds. The van der Waals surface area contributed by atoms with E-state index in [0.717, 1.165) is 19.5 Å². The summed E-state index contributed by atoms with van der Waals surface area (Å²) in [4.78, 5) is 0. The number of aromatic nitrogens is 1. The van der Waals surface area contributed by atoms with Crippen molar-refractivity contribution in [2.45, 2.75) is 51.9 Å². The Bertz CT molecular complexity index is 695. The van der Waals surface area contributed by atoms with Crippen molar-refractivity contribution in [1.82, 2.24) is 9.55 Å². The minimum absolute atomic E-state index is 0.330. The van der Waals surface area contributed by atoms with Crippen LogP contribution in [0, 0.1) is 0 Å². The number of hydrogen-bond donors (Lipinski definition) is 1. The zero-order chi connectivity index (χ0) is 15.4. The van der Waals surface area contributed by atoms with Crippen LogP contribution in [0.4, 0.5) is 0 Å². The molecule has 1 aliphatic heterocycles. The summed E-state index contributed by atoms with van der Waals surface area (Å²) in [6.45, 7) is 14.2. The molecule has 0 bridgehead atoms. The lowest BCUT2D eigenvalue weighted by Crippen LogP contribution is -2.45.